The predicted molar refractivity (Wildman–Crippen MR) is 57.1 cm³/mol. The first-order valence-corrected chi connectivity index (χ1v) is 5.36. The topological polar surface area (TPSA) is 16.1 Å². The first kappa shape index (κ1) is 10.0. The van der Waals surface area contributed by atoms with Gasteiger partial charge in [-0.3, -0.25) is 0 Å². The molecule has 68 valence electrons. The van der Waals surface area contributed by atoms with Crippen LogP contribution in [0.1, 0.15) is 9.88 Å². The number of rotatable bonds is 4. The van der Waals surface area contributed by atoms with E-state index in [-0.39, 0.29) is 0 Å². The van der Waals surface area contributed by atoms with Crippen LogP contribution in [-0.4, -0.2) is 30.5 Å². The number of aromatic nitrogens is 1. The van der Waals surface area contributed by atoms with Crippen molar-refractivity contribution < 1.29 is 0 Å². The molecule has 0 saturated heterocycles. The molecule has 0 spiro atoms. The first-order chi connectivity index (χ1) is 5.72. The van der Waals surface area contributed by atoms with Crippen LogP contribution in [0.25, 0.3) is 0 Å². The number of likely N-dealkylation sites (N-methyl/N-ethyl adjacent to an activating group) is 1. The van der Waals surface area contributed by atoms with E-state index in [1.165, 1.54) is 9.88 Å². The standard InChI is InChI=1S/C8H14N2S2/c1-10(2)4-3-8-9-5-7(6-11)12-8/h5,11H,3-4,6H2,1-2H3. The van der Waals surface area contributed by atoms with Crippen LogP contribution in [0.4, 0.5) is 0 Å². The van der Waals surface area contributed by atoms with E-state index >= 15 is 0 Å². The molecule has 4 heteroatoms. The van der Waals surface area contributed by atoms with Crippen LogP contribution >= 0.6 is 24.0 Å². The van der Waals surface area contributed by atoms with E-state index in [2.05, 4.69) is 36.6 Å². The van der Waals surface area contributed by atoms with Gasteiger partial charge < -0.3 is 4.90 Å². The van der Waals surface area contributed by atoms with Crippen molar-refractivity contribution in [2.75, 3.05) is 20.6 Å². The Hall–Kier alpha value is -0.0600. The van der Waals surface area contributed by atoms with Gasteiger partial charge in [-0.15, -0.1) is 11.3 Å². The fourth-order valence-corrected chi connectivity index (χ4v) is 1.90. The Morgan fingerprint density at radius 1 is 1.58 bits per heavy atom. The Kier molecular flexibility index (Phi) is 4.05. The van der Waals surface area contributed by atoms with Crippen LogP contribution in [-0.2, 0) is 12.2 Å². The summed E-state index contributed by atoms with van der Waals surface area (Å²) in [6, 6.07) is 0. The summed E-state index contributed by atoms with van der Waals surface area (Å²) in [5.74, 6) is 0.805. The van der Waals surface area contributed by atoms with Crippen molar-refractivity contribution in [3.63, 3.8) is 0 Å². The normalized spacial score (nSPS) is 11.0. The number of thiol groups is 1. The fourth-order valence-electron chi connectivity index (χ4n) is 0.856. The highest BCUT2D eigenvalue weighted by molar-refractivity contribution is 7.79. The van der Waals surface area contributed by atoms with Gasteiger partial charge in [0.15, 0.2) is 0 Å². The molecular weight excluding hydrogens is 188 g/mol. The first-order valence-electron chi connectivity index (χ1n) is 3.91. The van der Waals surface area contributed by atoms with Crippen LogP contribution in [0.5, 0.6) is 0 Å². The zero-order valence-corrected chi connectivity index (χ0v) is 9.16. The SMILES string of the molecule is CN(C)CCc1ncc(CS)s1. The maximum atomic E-state index is 4.30. The minimum atomic E-state index is 0.805. The fraction of sp³-hybridized carbons (Fsp3) is 0.625. The molecule has 0 amide bonds. The molecule has 0 aliphatic heterocycles. The molecule has 0 unspecified atom stereocenters. The summed E-state index contributed by atoms with van der Waals surface area (Å²) >= 11 is 5.95. The van der Waals surface area contributed by atoms with Gasteiger partial charge in [-0.1, -0.05) is 0 Å². The molecule has 0 fully saturated rings. The Morgan fingerprint density at radius 3 is 2.83 bits per heavy atom. The molecule has 0 aliphatic rings. The van der Waals surface area contributed by atoms with Gasteiger partial charge in [-0.2, -0.15) is 12.6 Å². The molecule has 1 rings (SSSR count). The zero-order valence-electron chi connectivity index (χ0n) is 7.45. The summed E-state index contributed by atoms with van der Waals surface area (Å²) in [6.45, 7) is 1.07. The van der Waals surface area contributed by atoms with Crippen LogP contribution in [0.2, 0.25) is 0 Å². The largest absolute Gasteiger partial charge is 0.309 e. The van der Waals surface area contributed by atoms with E-state index in [1.807, 2.05) is 6.20 Å². The third-order valence-electron chi connectivity index (χ3n) is 1.53. The third-order valence-corrected chi connectivity index (χ3v) is 3.14. The smallest absolute Gasteiger partial charge is 0.0940 e. The Labute approximate surface area is 83.0 Å². The minimum Gasteiger partial charge on any atom is -0.309 e. The third kappa shape index (κ3) is 3.13. The molecule has 2 nitrogen and oxygen atoms in total. The van der Waals surface area contributed by atoms with Crippen LogP contribution < -0.4 is 0 Å². The Balaban J connectivity index is 2.41. The van der Waals surface area contributed by atoms with E-state index < -0.39 is 0 Å². The van der Waals surface area contributed by atoms with Gasteiger partial charge in [0.1, 0.15) is 0 Å². The lowest BCUT2D eigenvalue weighted by Gasteiger charge is -2.06. The maximum absolute atomic E-state index is 4.30. The second kappa shape index (κ2) is 4.84. The number of hydrogen-bond donors (Lipinski definition) is 1. The van der Waals surface area contributed by atoms with Gasteiger partial charge in [0.05, 0.1) is 5.01 Å². The van der Waals surface area contributed by atoms with Crippen LogP contribution in [0.15, 0.2) is 6.20 Å². The molecule has 0 N–H and O–H groups in total. The lowest BCUT2D eigenvalue weighted by atomic mass is 10.4. The molecule has 0 atom stereocenters. The summed E-state index contributed by atoms with van der Waals surface area (Å²) in [5, 5.41) is 1.22. The van der Waals surface area contributed by atoms with Crippen molar-refractivity contribution in [1.29, 1.82) is 0 Å². The van der Waals surface area contributed by atoms with Crippen LogP contribution in [0.3, 0.4) is 0 Å². The molecule has 1 aromatic heterocycles. The van der Waals surface area contributed by atoms with Gasteiger partial charge in [0, 0.05) is 29.8 Å². The molecule has 12 heavy (non-hydrogen) atoms. The van der Waals surface area contributed by atoms with E-state index in [4.69, 9.17) is 0 Å². The zero-order chi connectivity index (χ0) is 8.97. The molecule has 0 aromatic carbocycles. The molecule has 1 heterocycles. The van der Waals surface area contributed by atoms with Gasteiger partial charge in [0.2, 0.25) is 0 Å². The average Bonchev–Trinajstić information content (AvgIpc) is 2.48. The quantitative estimate of drug-likeness (QED) is 0.748. The van der Waals surface area contributed by atoms with Gasteiger partial charge in [0.25, 0.3) is 0 Å². The average molecular weight is 202 g/mol. The number of nitrogens with zero attached hydrogens (tertiary/aromatic N) is 2. The highest BCUT2D eigenvalue weighted by atomic mass is 32.1. The summed E-state index contributed by atoms with van der Waals surface area (Å²) in [6.07, 6.45) is 2.97. The molecular formula is C8H14N2S2. The summed E-state index contributed by atoms with van der Waals surface area (Å²) < 4.78 is 0. The molecule has 0 radical (unpaired) electrons. The minimum absolute atomic E-state index is 0.805. The highest BCUT2D eigenvalue weighted by Crippen LogP contribution is 2.14. The van der Waals surface area contributed by atoms with Gasteiger partial charge in [-0.25, -0.2) is 4.98 Å². The summed E-state index contributed by atoms with van der Waals surface area (Å²) in [4.78, 5) is 7.73. The molecule has 0 aliphatic carbocycles. The summed E-state index contributed by atoms with van der Waals surface area (Å²) in [5.41, 5.74) is 0. The maximum Gasteiger partial charge on any atom is 0.0940 e. The van der Waals surface area contributed by atoms with Crippen molar-refractivity contribution in [3.05, 3.63) is 16.1 Å². The highest BCUT2D eigenvalue weighted by Gasteiger charge is 2.00. The van der Waals surface area contributed by atoms with E-state index in [9.17, 15) is 0 Å². The lowest BCUT2D eigenvalue weighted by Crippen LogP contribution is -2.14. The Bertz CT molecular complexity index is 233. The van der Waals surface area contributed by atoms with Crippen molar-refractivity contribution in [2.24, 2.45) is 0 Å². The van der Waals surface area contributed by atoms with Crippen molar-refractivity contribution in [1.82, 2.24) is 9.88 Å². The van der Waals surface area contributed by atoms with E-state index in [0.29, 0.717) is 0 Å². The number of hydrogen-bond acceptors (Lipinski definition) is 4. The Morgan fingerprint density at radius 2 is 2.33 bits per heavy atom. The second-order valence-corrected chi connectivity index (χ2v) is 4.45. The van der Waals surface area contributed by atoms with E-state index in [1.54, 1.807) is 11.3 Å². The predicted octanol–water partition coefficient (Wildman–Crippen LogP) is 1.68. The molecule has 0 saturated carbocycles. The van der Waals surface area contributed by atoms with Crippen molar-refractivity contribution in [2.45, 2.75) is 12.2 Å². The molecule has 0 bridgehead atoms. The van der Waals surface area contributed by atoms with E-state index in [0.717, 1.165) is 18.7 Å². The molecule has 1 aromatic rings. The summed E-state index contributed by atoms with van der Waals surface area (Å²) in [7, 11) is 4.15. The second-order valence-electron chi connectivity index (χ2n) is 2.93. The van der Waals surface area contributed by atoms with Crippen molar-refractivity contribution in [3.8, 4) is 0 Å². The van der Waals surface area contributed by atoms with Crippen LogP contribution in [0, 0.1) is 0 Å². The number of thiazole rings is 1. The lowest BCUT2D eigenvalue weighted by molar-refractivity contribution is 0.413. The van der Waals surface area contributed by atoms with Crippen molar-refractivity contribution >= 4 is 24.0 Å². The van der Waals surface area contributed by atoms with Gasteiger partial charge in [-0.05, 0) is 14.1 Å². The monoisotopic (exact) mass is 202 g/mol. The van der Waals surface area contributed by atoms with Gasteiger partial charge >= 0.3 is 0 Å².